The smallest absolute Gasteiger partial charge is 0.277 e. The Hall–Kier alpha value is -3.64. The lowest BCUT2D eigenvalue weighted by molar-refractivity contribution is -0.601. The summed E-state index contributed by atoms with van der Waals surface area (Å²) in [7, 11) is -2.01. The van der Waals surface area contributed by atoms with E-state index in [-0.39, 0.29) is 33.7 Å². The van der Waals surface area contributed by atoms with Crippen molar-refractivity contribution >= 4 is 44.1 Å². The first-order valence-electron chi connectivity index (χ1n) is 12.7. The van der Waals surface area contributed by atoms with Gasteiger partial charge in [-0.2, -0.15) is 0 Å². The number of sulfonamides is 1. The van der Waals surface area contributed by atoms with Gasteiger partial charge in [-0.15, -0.1) is 3.96 Å². The van der Waals surface area contributed by atoms with E-state index in [0.29, 0.717) is 51.8 Å². The predicted molar refractivity (Wildman–Crippen MR) is 150 cm³/mol. The fourth-order valence-electron chi connectivity index (χ4n) is 4.81. The molecule has 0 radical (unpaired) electrons. The highest BCUT2D eigenvalue weighted by atomic mass is 32.2. The quantitative estimate of drug-likeness (QED) is 0.330. The highest BCUT2D eigenvalue weighted by Crippen LogP contribution is 2.37. The van der Waals surface area contributed by atoms with Crippen molar-refractivity contribution in [3.05, 3.63) is 64.6 Å². The molecule has 1 amide bonds. The maximum atomic E-state index is 13.4. The zero-order chi connectivity index (χ0) is 28.1. The van der Waals surface area contributed by atoms with Crippen LogP contribution >= 0.6 is 11.5 Å². The van der Waals surface area contributed by atoms with Crippen LogP contribution in [-0.4, -0.2) is 34.9 Å². The van der Waals surface area contributed by atoms with E-state index in [9.17, 15) is 18.0 Å². The van der Waals surface area contributed by atoms with Gasteiger partial charge in [-0.3, -0.25) is 23.9 Å². The summed E-state index contributed by atoms with van der Waals surface area (Å²) in [5.41, 5.74) is 3.34. The number of benzene rings is 1. The van der Waals surface area contributed by atoms with Crippen LogP contribution in [0.5, 0.6) is 0 Å². The normalized spacial score (nSPS) is 17.3. The van der Waals surface area contributed by atoms with Gasteiger partial charge in [-0.05, 0) is 64.3 Å². The van der Waals surface area contributed by atoms with E-state index in [0.717, 1.165) is 11.5 Å². The molecule has 0 unspecified atom stereocenters. The van der Waals surface area contributed by atoms with Crippen molar-refractivity contribution in [2.75, 3.05) is 4.72 Å². The number of anilines is 1. The SMILES string of the molecule is Cc1c[n+](C)sc1S(=O)(=O)Nc1cc(-c2ccc3ncn(C4CC(C(=O)NC(C)C)C4)c(=O)c3c2)cnc1C. The van der Waals surface area contributed by atoms with Gasteiger partial charge in [0.1, 0.15) is 0 Å². The standard InChI is InChI=1S/C27H30N6O4S2/c1-15(2)30-25(34)19-8-21(9-19)33-14-29-23-7-6-18(10-22(23)26(33)35)20-11-24(17(4)28-12-20)31-39(36,37)27-16(3)13-32(5)38-27/h6-7,10-15,19,21,31H,8-9H2,1-5H3/p+1. The van der Waals surface area contributed by atoms with Crippen molar-refractivity contribution in [2.45, 2.75) is 56.8 Å². The molecular weight excluding hydrogens is 536 g/mol. The van der Waals surface area contributed by atoms with Gasteiger partial charge in [-0.25, -0.2) is 13.4 Å². The lowest BCUT2D eigenvalue weighted by Crippen LogP contribution is -2.44. The number of pyridine rings is 1. The summed E-state index contributed by atoms with van der Waals surface area (Å²) in [4.78, 5) is 34.6. The molecule has 0 bridgehead atoms. The Morgan fingerprint density at radius 2 is 1.90 bits per heavy atom. The van der Waals surface area contributed by atoms with E-state index in [1.165, 1.54) is 0 Å². The van der Waals surface area contributed by atoms with Crippen molar-refractivity contribution in [1.82, 2.24) is 19.9 Å². The van der Waals surface area contributed by atoms with Crippen LogP contribution in [0, 0.1) is 19.8 Å². The minimum Gasteiger partial charge on any atom is -0.354 e. The third-order valence-corrected chi connectivity index (χ3v) is 9.99. The zero-order valence-electron chi connectivity index (χ0n) is 22.4. The van der Waals surface area contributed by atoms with Crippen LogP contribution in [0.3, 0.4) is 0 Å². The summed E-state index contributed by atoms with van der Waals surface area (Å²) >= 11 is 1.14. The van der Waals surface area contributed by atoms with Gasteiger partial charge in [0.05, 0.1) is 34.2 Å². The zero-order valence-corrected chi connectivity index (χ0v) is 24.1. The number of aryl methyl sites for hydroxylation is 3. The Morgan fingerprint density at radius 1 is 1.15 bits per heavy atom. The number of nitrogens with zero attached hydrogens (tertiary/aromatic N) is 4. The van der Waals surface area contributed by atoms with Crippen LogP contribution in [0.15, 0.2) is 52.0 Å². The van der Waals surface area contributed by atoms with Crippen LogP contribution < -0.4 is 19.6 Å². The molecule has 2 N–H and O–H groups in total. The van der Waals surface area contributed by atoms with E-state index in [1.54, 1.807) is 66.3 Å². The van der Waals surface area contributed by atoms with Gasteiger partial charge in [0, 0.05) is 29.8 Å². The number of hydrogen-bond donors (Lipinski definition) is 2. The largest absolute Gasteiger partial charge is 0.354 e. The molecule has 0 spiro atoms. The molecule has 4 aromatic rings. The molecule has 1 fully saturated rings. The fraction of sp³-hybridized carbons (Fsp3) is 0.370. The first-order valence-corrected chi connectivity index (χ1v) is 15.0. The van der Waals surface area contributed by atoms with Crippen molar-refractivity contribution < 1.29 is 17.2 Å². The summed E-state index contributed by atoms with van der Waals surface area (Å²) in [6.45, 7) is 7.34. The van der Waals surface area contributed by atoms with Crippen molar-refractivity contribution in [3.8, 4) is 11.1 Å². The molecule has 0 saturated heterocycles. The monoisotopic (exact) mass is 567 g/mol. The molecule has 3 heterocycles. The predicted octanol–water partition coefficient (Wildman–Crippen LogP) is 3.24. The lowest BCUT2D eigenvalue weighted by Gasteiger charge is -2.35. The van der Waals surface area contributed by atoms with E-state index < -0.39 is 10.0 Å². The van der Waals surface area contributed by atoms with E-state index >= 15 is 0 Å². The summed E-state index contributed by atoms with van der Waals surface area (Å²) in [6, 6.07) is 7.09. The number of amides is 1. The highest BCUT2D eigenvalue weighted by Gasteiger charge is 2.36. The Balaban J connectivity index is 1.43. The Bertz CT molecular complexity index is 1750. The van der Waals surface area contributed by atoms with Gasteiger partial charge >= 0.3 is 0 Å². The molecule has 10 nitrogen and oxygen atoms in total. The molecule has 0 aliphatic heterocycles. The maximum Gasteiger partial charge on any atom is 0.277 e. The molecule has 1 aromatic carbocycles. The van der Waals surface area contributed by atoms with Gasteiger partial charge in [0.25, 0.3) is 15.6 Å². The van der Waals surface area contributed by atoms with Crippen molar-refractivity contribution in [1.29, 1.82) is 0 Å². The number of carbonyl (C=O) groups is 1. The van der Waals surface area contributed by atoms with Gasteiger partial charge in [0.2, 0.25) is 10.1 Å². The van der Waals surface area contributed by atoms with Crippen LogP contribution in [0.25, 0.3) is 22.0 Å². The van der Waals surface area contributed by atoms with Gasteiger partial charge < -0.3 is 5.32 Å². The number of fused-ring (bicyclic) bond motifs is 1. The molecule has 1 saturated carbocycles. The topological polar surface area (TPSA) is 127 Å². The summed E-state index contributed by atoms with van der Waals surface area (Å²) in [6.07, 6.45) is 6.17. The molecule has 204 valence electrons. The molecule has 5 rings (SSSR count). The van der Waals surface area contributed by atoms with E-state index in [4.69, 9.17) is 0 Å². The Labute approximate surface area is 230 Å². The third kappa shape index (κ3) is 5.30. The Morgan fingerprint density at radius 3 is 2.56 bits per heavy atom. The minimum absolute atomic E-state index is 0.0201. The number of aromatic nitrogens is 4. The van der Waals surface area contributed by atoms with Crippen LogP contribution in [-0.2, 0) is 21.9 Å². The summed E-state index contributed by atoms with van der Waals surface area (Å²) < 4.78 is 32.5. The first kappa shape index (κ1) is 26.9. The second kappa shape index (κ2) is 10.2. The molecule has 1 aliphatic rings. The lowest BCUT2D eigenvalue weighted by atomic mass is 9.79. The third-order valence-electron chi connectivity index (χ3n) is 6.92. The van der Waals surface area contributed by atoms with Gasteiger partial charge in [0.15, 0.2) is 24.8 Å². The number of hydrogen-bond acceptors (Lipinski definition) is 7. The number of nitrogens with one attached hydrogen (secondary N) is 2. The molecule has 39 heavy (non-hydrogen) atoms. The van der Waals surface area contributed by atoms with Gasteiger partial charge in [-0.1, -0.05) is 6.07 Å². The molecule has 0 atom stereocenters. The second-order valence-corrected chi connectivity index (χ2v) is 13.4. The molecule has 3 aromatic heterocycles. The number of rotatable bonds is 7. The van der Waals surface area contributed by atoms with Crippen LogP contribution in [0.4, 0.5) is 5.69 Å². The van der Waals surface area contributed by atoms with E-state index in [1.807, 2.05) is 19.9 Å². The first-order chi connectivity index (χ1) is 18.4. The second-order valence-electron chi connectivity index (χ2n) is 10.4. The Kier molecular flexibility index (Phi) is 7.02. The van der Waals surface area contributed by atoms with Crippen molar-refractivity contribution in [2.24, 2.45) is 13.0 Å². The number of carbonyl (C=O) groups excluding carboxylic acids is 1. The summed E-state index contributed by atoms with van der Waals surface area (Å²) in [5, 5.41) is 3.38. The summed E-state index contributed by atoms with van der Waals surface area (Å²) in [5.74, 6) is -0.0839. The minimum atomic E-state index is -3.80. The molecular formula is C27H31N6O4S2+. The molecule has 1 aliphatic carbocycles. The maximum absolute atomic E-state index is 13.4. The van der Waals surface area contributed by atoms with Crippen molar-refractivity contribution in [3.63, 3.8) is 0 Å². The van der Waals surface area contributed by atoms with Crippen LogP contribution in [0.1, 0.15) is 44.0 Å². The average Bonchev–Trinajstić information content (AvgIpc) is 3.19. The highest BCUT2D eigenvalue weighted by molar-refractivity contribution is 7.94. The van der Waals surface area contributed by atoms with Crippen LogP contribution in [0.2, 0.25) is 0 Å². The molecule has 12 heteroatoms. The average molecular weight is 568 g/mol. The fourth-order valence-corrected chi connectivity index (χ4v) is 7.41. The van der Waals surface area contributed by atoms with E-state index in [2.05, 4.69) is 20.0 Å².